The zero-order valence-electron chi connectivity index (χ0n) is 20.5. The maximum Gasteiger partial charge on any atom is 0.410 e. The lowest BCUT2D eigenvalue weighted by atomic mass is 10.0. The Labute approximate surface area is 211 Å². The number of rotatable bonds is 5. The number of amides is 1. The Morgan fingerprint density at radius 1 is 0.917 bits per heavy atom. The Morgan fingerprint density at radius 3 is 2.08 bits per heavy atom. The van der Waals surface area contributed by atoms with Crippen molar-refractivity contribution in [3.63, 3.8) is 0 Å². The summed E-state index contributed by atoms with van der Waals surface area (Å²) in [5.41, 5.74) is -0.0580. The fourth-order valence-electron chi connectivity index (χ4n) is 4.52. The predicted molar refractivity (Wildman–Crippen MR) is 138 cm³/mol. The number of sulfonamides is 1. The number of aromatic carboxylic acids is 1. The maximum atomic E-state index is 14.2. The van der Waals surface area contributed by atoms with E-state index >= 15 is 0 Å². The Kier molecular flexibility index (Phi) is 6.95. The standard InChI is InChI=1S/C27H30N2O6S/c1-27(2,3)35-26(32)28-17-15-20(16-18-28)29(19-9-5-4-6-10-19)36(33,34)24-14-13-23(25(30)31)21-11-7-8-12-22(21)24/h4-14,20H,15-18H2,1-3H3,(H,30,31). The number of piperidine rings is 1. The van der Waals surface area contributed by atoms with Crippen molar-refractivity contribution in [1.82, 2.24) is 4.90 Å². The smallest absolute Gasteiger partial charge is 0.410 e. The molecule has 1 heterocycles. The average Bonchev–Trinajstić information content (AvgIpc) is 2.83. The first-order chi connectivity index (χ1) is 17.0. The highest BCUT2D eigenvalue weighted by atomic mass is 32.2. The third-order valence-corrected chi connectivity index (χ3v) is 8.05. The van der Waals surface area contributed by atoms with Gasteiger partial charge in [-0.15, -0.1) is 0 Å². The van der Waals surface area contributed by atoms with Crippen molar-refractivity contribution in [2.24, 2.45) is 0 Å². The first-order valence-corrected chi connectivity index (χ1v) is 13.3. The van der Waals surface area contributed by atoms with Crippen LogP contribution in [0.3, 0.4) is 0 Å². The number of likely N-dealkylation sites (tertiary alicyclic amines) is 1. The molecular weight excluding hydrogens is 480 g/mol. The summed E-state index contributed by atoms with van der Waals surface area (Å²) in [6.45, 7) is 6.14. The van der Waals surface area contributed by atoms with Gasteiger partial charge < -0.3 is 14.7 Å². The second-order valence-corrected chi connectivity index (χ2v) is 11.6. The first kappa shape index (κ1) is 25.5. The molecule has 3 aromatic rings. The third-order valence-electron chi connectivity index (χ3n) is 6.11. The number of anilines is 1. The molecule has 0 aromatic heterocycles. The molecule has 9 heteroatoms. The van der Waals surface area contributed by atoms with E-state index in [4.69, 9.17) is 4.74 Å². The van der Waals surface area contributed by atoms with Crippen LogP contribution in [0.5, 0.6) is 0 Å². The summed E-state index contributed by atoms with van der Waals surface area (Å²) in [5.74, 6) is -1.12. The summed E-state index contributed by atoms with van der Waals surface area (Å²) in [6, 6.07) is 17.8. The van der Waals surface area contributed by atoms with Crippen molar-refractivity contribution in [3.8, 4) is 0 Å². The fraction of sp³-hybridized carbons (Fsp3) is 0.333. The van der Waals surface area contributed by atoms with E-state index in [9.17, 15) is 23.1 Å². The molecule has 0 aliphatic carbocycles. The molecule has 0 radical (unpaired) electrons. The van der Waals surface area contributed by atoms with E-state index in [0.717, 1.165) is 0 Å². The van der Waals surface area contributed by atoms with Crippen molar-refractivity contribution in [3.05, 3.63) is 72.3 Å². The van der Waals surface area contributed by atoms with E-state index < -0.39 is 33.7 Å². The van der Waals surface area contributed by atoms with E-state index in [0.29, 0.717) is 42.4 Å². The minimum atomic E-state index is -4.08. The van der Waals surface area contributed by atoms with Gasteiger partial charge in [-0.25, -0.2) is 18.0 Å². The molecule has 1 amide bonds. The van der Waals surface area contributed by atoms with Crippen LogP contribution in [0.25, 0.3) is 10.8 Å². The van der Waals surface area contributed by atoms with Gasteiger partial charge in [0.15, 0.2) is 0 Å². The van der Waals surface area contributed by atoms with Crippen molar-refractivity contribution in [2.45, 2.75) is 50.2 Å². The van der Waals surface area contributed by atoms with Crippen LogP contribution < -0.4 is 4.31 Å². The number of hydrogen-bond donors (Lipinski definition) is 1. The molecule has 0 bridgehead atoms. The van der Waals surface area contributed by atoms with Crippen LogP contribution in [0.1, 0.15) is 44.0 Å². The van der Waals surface area contributed by atoms with Gasteiger partial charge in [-0.3, -0.25) is 4.31 Å². The number of nitrogens with zero attached hydrogens (tertiary/aromatic N) is 2. The Morgan fingerprint density at radius 2 is 1.50 bits per heavy atom. The van der Waals surface area contributed by atoms with Crippen LogP contribution in [0.2, 0.25) is 0 Å². The molecule has 0 atom stereocenters. The van der Waals surface area contributed by atoms with Crippen molar-refractivity contribution >= 4 is 38.5 Å². The summed E-state index contributed by atoms with van der Waals surface area (Å²) in [7, 11) is -4.08. The quantitative estimate of drug-likeness (QED) is 0.510. The normalized spacial score (nSPS) is 15.0. The molecule has 190 valence electrons. The van der Waals surface area contributed by atoms with Gasteiger partial charge in [0.25, 0.3) is 10.0 Å². The Bertz CT molecular complexity index is 1370. The second kappa shape index (κ2) is 9.81. The number of carboxylic acids is 1. The summed E-state index contributed by atoms with van der Waals surface area (Å²) >= 11 is 0. The van der Waals surface area contributed by atoms with Gasteiger partial charge in [-0.2, -0.15) is 0 Å². The van der Waals surface area contributed by atoms with Gasteiger partial charge in [0, 0.05) is 24.5 Å². The zero-order valence-corrected chi connectivity index (χ0v) is 21.4. The number of hydrogen-bond acceptors (Lipinski definition) is 5. The summed E-state index contributed by atoms with van der Waals surface area (Å²) < 4.78 is 35.3. The zero-order chi connectivity index (χ0) is 26.1. The van der Waals surface area contributed by atoms with Crippen molar-refractivity contribution in [1.29, 1.82) is 0 Å². The van der Waals surface area contributed by atoms with Crippen LogP contribution in [0.4, 0.5) is 10.5 Å². The maximum absolute atomic E-state index is 14.2. The van der Waals surface area contributed by atoms with E-state index in [1.807, 2.05) is 6.07 Å². The number of fused-ring (bicyclic) bond motifs is 1. The summed E-state index contributed by atoms with van der Waals surface area (Å²) in [5, 5.41) is 10.3. The molecule has 0 saturated carbocycles. The molecule has 1 fully saturated rings. The molecule has 1 saturated heterocycles. The lowest BCUT2D eigenvalue weighted by Crippen LogP contribution is -2.49. The number of carbonyl (C=O) groups is 2. The molecule has 36 heavy (non-hydrogen) atoms. The van der Waals surface area contributed by atoms with Crippen LogP contribution in [-0.2, 0) is 14.8 Å². The molecule has 3 aromatic carbocycles. The number of carbonyl (C=O) groups excluding carboxylic acids is 1. The Balaban J connectivity index is 1.72. The SMILES string of the molecule is CC(C)(C)OC(=O)N1CCC(N(c2ccccc2)S(=O)(=O)c2ccc(C(=O)O)c3ccccc23)CC1. The number of carboxylic acid groups (broad SMARTS) is 1. The first-order valence-electron chi connectivity index (χ1n) is 11.8. The summed E-state index contributed by atoms with van der Waals surface area (Å²) in [6.07, 6.45) is 0.446. The predicted octanol–water partition coefficient (Wildman–Crippen LogP) is 5.13. The highest BCUT2D eigenvalue weighted by molar-refractivity contribution is 7.93. The second-order valence-electron chi connectivity index (χ2n) is 9.80. The molecular formula is C27H30N2O6S. The van der Waals surface area contributed by atoms with Crippen molar-refractivity contribution < 1.29 is 27.9 Å². The third kappa shape index (κ3) is 5.16. The molecule has 1 aliphatic heterocycles. The van der Waals surface area contributed by atoms with Crippen molar-refractivity contribution in [2.75, 3.05) is 17.4 Å². The van der Waals surface area contributed by atoms with Gasteiger partial charge in [-0.05, 0) is 63.3 Å². The largest absolute Gasteiger partial charge is 0.478 e. The number of para-hydroxylation sites is 1. The Hall–Kier alpha value is -3.59. The molecule has 4 rings (SSSR count). The monoisotopic (exact) mass is 510 g/mol. The minimum Gasteiger partial charge on any atom is -0.478 e. The van der Waals surface area contributed by atoms with Gasteiger partial charge in [0.1, 0.15) is 5.60 Å². The van der Waals surface area contributed by atoms with E-state index in [2.05, 4.69) is 0 Å². The molecule has 0 unspecified atom stereocenters. The molecule has 1 N–H and O–H groups in total. The van der Waals surface area contributed by atoms with E-state index in [-0.39, 0.29) is 10.5 Å². The van der Waals surface area contributed by atoms with Gasteiger partial charge in [0.2, 0.25) is 0 Å². The number of ether oxygens (including phenoxy) is 1. The molecule has 0 spiro atoms. The topological polar surface area (TPSA) is 104 Å². The minimum absolute atomic E-state index is 0.0430. The molecule has 8 nitrogen and oxygen atoms in total. The van der Waals surface area contributed by atoms with Gasteiger partial charge in [-0.1, -0.05) is 42.5 Å². The van der Waals surface area contributed by atoms with Crippen LogP contribution in [-0.4, -0.2) is 55.2 Å². The average molecular weight is 511 g/mol. The highest BCUT2D eigenvalue weighted by Crippen LogP contribution is 2.34. The summed E-state index contributed by atoms with van der Waals surface area (Å²) in [4.78, 5) is 25.9. The van der Waals surface area contributed by atoms with Crippen LogP contribution >= 0.6 is 0 Å². The lowest BCUT2D eigenvalue weighted by Gasteiger charge is -2.39. The van der Waals surface area contributed by atoms with Crippen LogP contribution in [0.15, 0.2) is 71.6 Å². The van der Waals surface area contributed by atoms with E-state index in [1.165, 1.54) is 16.4 Å². The highest BCUT2D eigenvalue weighted by Gasteiger charge is 2.37. The molecule has 1 aliphatic rings. The van der Waals surface area contributed by atoms with Gasteiger partial charge >= 0.3 is 12.1 Å². The number of benzene rings is 3. The fourth-order valence-corrected chi connectivity index (χ4v) is 6.43. The van der Waals surface area contributed by atoms with Gasteiger partial charge in [0.05, 0.1) is 16.1 Å². The van der Waals surface area contributed by atoms with Crippen LogP contribution in [0, 0.1) is 0 Å². The lowest BCUT2D eigenvalue weighted by molar-refractivity contribution is 0.0207. The van der Waals surface area contributed by atoms with E-state index in [1.54, 1.807) is 74.2 Å².